The lowest BCUT2D eigenvalue weighted by Gasteiger charge is -2.36. The predicted octanol–water partition coefficient (Wildman–Crippen LogP) is 1.19. The molecule has 1 amide bonds. The molecule has 0 bridgehead atoms. The molecule has 1 aliphatic heterocycles. The lowest BCUT2D eigenvalue weighted by molar-refractivity contribution is -0.147. The average Bonchev–Trinajstić information content (AvgIpc) is 2.59. The third-order valence-electron chi connectivity index (χ3n) is 4.90. The van der Waals surface area contributed by atoms with Crippen LogP contribution in [0.25, 0.3) is 10.8 Å². The van der Waals surface area contributed by atoms with E-state index in [4.69, 9.17) is 0 Å². The highest BCUT2D eigenvalue weighted by Gasteiger charge is 2.32. The van der Waals surface area contributed by atoms with Crippen LogP contribution in [0, 0.1) is 5.92 Å². The number of carboxylic acid groups (broad SMARTS) is 1. The summed E-state index contributed by atoms with van der Waals surface area (Å²) in [6.45, 7) is 2.15. The molecule has 7 nitrogen and oxygen atoms in total. The van der Waals surface area contributed by atoms with Crippen LogP contribution < -0.4 is 5.56 Å². The molecule has 2 unspecified atom stereocenters. The molecule has 1 aliphatic rings. The Hall–Kier alpha value is -2.70. The number of aliphatic carboxylic acids is 1. The molecule has 3 rings (SSSR count). The zero-order chi connectivity index (χ0) is 18.1. The van der Waals surface area contributed by atoms with E-state index in [2.05, 4.69) is 5.10 Å². The minimum Gasteiger partial charge on any atom is -0.481 e. The molecule has 132 valence electrons. The highest BCUT2D eigenvalue weighted by Crippen LogP contribution is 2.23. The van der Waals surface area contributed by atoms with Gasteiger partial charge in [0, 0.05) is 25.0 Å². The molecular weight excluding hydrogens is 322 g/mol. The molecule has 7 heteroatoms. The van der Waals surface area contributed by atoms with Gasteiger partial charge in [-0.05, 0) is 25.8 Å². The Morgan fingerprint density at radius 1 is 1.24 bits per heavy atom. The van der Waals surface area contributed by atoms with Crippen LogP contribution in [0.3, 0.4) is 0 Å². The molecule has 0 radical (unpaired) electrons. The smallest absolute Gasteiger partial charge is 0.308 e. The van der Waals surface area contributed by atoms with Crippen LogP contribution in [-0.4, -0.2) is 44.3 Å². The number of carbonyl (C=O) groups is 2. The van der Waals surface area contributed by atoms with E-state index in [1.54, 1.807) is 36.2 Å². The van der Waals surface area contributed by atoms with Crippen LogP contribution in [0.15, 0.2) is 29.1 Å². The number of carboxylic acids is 1. The fourth-order valence-corrected chi connectivity index (χ4v) is 3.41. The molecule has 1 saturated heterocycles. The normalized spacial score (nSPS) is 20.6. The van der Waals surface area contributed by atoms with Gasteiger partial charge in [-0.3, -0.25) is 14.4 Å². The van der Waals surface area contributed by atoms with Gasteiger partial charge in [0.2, 0.25) is 5.91 Å². The van der Waals surface area contributed by atoms with Gasteiger partial charge in [-0.15, -0.1) is 0 Å². The summed E-state index contributed by atoms with van der Waals surface area (Å²) in [4.78, 5) is 37.9. The molecule has 0 saturated carbocycles. The summed E-state index contributed by atoms with van der Waals surface area (Å²) < 4.78 is 1.24. The molecule has 1 aromatic heterocycles. The number of fused-ring (bicyclic) bond motifs is 1. The van der Waals surface area contributed by atoms with Gasteiger partial charge in [0.1, 0.15) is 0 Å². The first-order chi connectivity index (χ1) is 11.9. The standard InChI is InChI=1S/C18H21N3O4/c1-11-7-8-12(18(24)25)10-21(11)16(22)9-15-13-5-3-4-6-14(13)17(23)20(2)19-15/h3-6,11-12H,7-10H2,1-2H3,(H,24,25). The summed E-state index contributed by atoms with van der Waals surface area (Å²) in [6, 6.07) is 7.09. The number of rotatable bonds is 3. The number of aryl methyl sites for hydroxylation is 1. The number of piperidine rings is 1. The molecule has 0 spiro atoms. The molecule has 2 heterocycles. The number of nitrogens with zero attached hydrogens (tertiary/aromatic N) is 3. The maximum Gasteiger partial charge on any atom is 0.308 e. The number of hydrogen-bond donors (Lipinski definition) is 1. The molecule has 1 aromatic carbocycles. The summed E-state index contributed by atoms with van der Waals surface area (Å²) in [5.74, 6) is -1.55. The van der Waals surface area contributed by atoms with Crippen molar-refractivity contribution in [3.63, 3.8) is 0 Å². The highest BCUT2D eigenvalue weighted by molar-refractivity contribution is 5.88. The van der Waals surface area contributed by atoms with Gasteiger partial charge in [-0.1, -0.05) is 18.2 Å². The molecule has 1 fully saturated rings. The van der Waals surface area contributed by atoms with Crippen LogP contribution in [0.5, 0.6) is 0 Å². The molecule has 25 heavy (non-hydrogen) atoms. The minimum atomic E-state index is -0.865. The van der Waals surface area contributed by atoms with E-state index in [1.807, 2.05) is 6.92 Å². The second kappa shape index (κ2) is 6.66. The van der Waals surface area contributed by atoms with E-state index in [9.17, 15) is 19.5 Å². The van der Waals surface area contributed by atoms with Crippen molar-refractivity contribution in [1.82, 2.24) is 14.7 Å². The van der Waals surface area contributed by atoms with Crippen molar-refractivity contribution in [1.29, 1.82) is 0 Å². The average molecular weight is 343 g/mol. The van der Waals surface area contributed by atoms with Crippen LogP contribution in [0.4, 0.5) is 0 Å². The van der Waals surface area contributed by atoms with Crippen molar-refractivity contribution in [2.75, 3.05) is 6.54 Å². The summed E-state index contributed by atoms with van der Waals surface area (Å²) in [5, 5.41) is 14.7. The summed E-state index contributed by atoms with van der Waals surface area (Å²) in [6.07, 6.45) is 1.30. The summed E-state index contributed by atoms with van der Waals surface area (Å²) >= 11 is 0. The van der Waals surface area contributed by atoms with E-state index in [1.165, 1.54) is 4.68 Å². The van der Waals surface area contributed by atoms with Crippen molar-refractivity contribution < 1.29 is 14.7 Å². The predicted molar refractivity (Wildman–Crippen MR) is 92.2 cm³/mol. The molecule has 1 N–H and O–H groups in total. The number of likely N-dealkylation sites (tertiary alicyclic amines) is 1. The van der Waals surface area contributed by atoms with Crippen LogP contribution >= 0.6 is 0 Å². The molecule has 2 atom stereocenters. The second-order valence-corrected chi connectivity index (χ2v) is 6.61. The van der Waals surface area contributed by atoms with Gasteiger partial charge in [0.05, 0.1) is 23.4 Å². The Balaban J connectivity index is 1.90. The Morgan fingerprint density at radius 3 is 2.60 bits per heavy atom. The van der Waals surface area contributed by atoms with E-state index in [0.29, 0.717) is 29.3 Å². The fraction of sp³-hybridized carbons (Fsp3) is 0.444. The summed E-state index contributed by atoms with van der Waals surface area (Å²) in [7, 11) is 1.56. The molecular formula is C18H21N3O4. The van der Waals surface area contributed by atoms with Gasteiger partial charge < -0.3 is 10.0 Å². The van der Waals surface area contributed by atoms with E-state index in [-0.39, 0.29) is 30.5 Å². The van der Waals surface area contributed by atoms with E-state index < -0.39 is 11.9 Å². The zero-order valence-electron chi connectivity index (χ0n) is 14.3. The van der Waals surface area contributed by atoms with Gasteiger partial charge >= 0.3 is 5.97 Å². The highest BCUT2D eigenvalue weighted by atomic mass is 16.4. The number of hydrogen-bond acceptors (Lipinski definition) is 4. The topological polar surface area (TPSA) is 92.5 Å². The third-order valence-corrected chi connectivity index (χ3v) is 4.90. The largest absolute Gasteiger partial charge is 0.481 e. The minimum absolute atomic E-state index is 0.00176. The first kappa shape index (κ1) is 17.1. The van der Waals surface area contributed by atoms with Crippen molar-refractivity contribution in [2.45, 2.75) is 32.2 Å². The van der Waals surface area contributed by atoms with E-state index in [0.717, 1.165) is 0 Å². The van der Waals surface area contributed by atoms with Gasteiger partial charge in [-0.2, -0.15) is 5.10 Å². The Morgan fingerprint density at radius 2 is 1.92 bits per heavy atom. The SMILES string of the molecule is CC1CCC(C(=O)O)CN1C(=O)Cc1nn(C)c(=O)c2ccccc12. The van der Waals surface area contributed by atoms with Gasteiger partial charge in [0.15, 0.2) is 0 Å². The number of carbonyl (C=O) groups excluding carboxylic acids is 1. The first-order valence-corrected chi connectivity index (χ1v) is 8.35. The van der Waals surface area contributed by atoms with Crippen molar-refractivity contribution in [3.8, 4) is 0 Å². The summed E-state index contributed by atoms with van der Waals surface area (Å²) in [5.41, 5.74) is 0.330. The maximum atomic E-state index is 12.8. The van der Waals surface area contributed by atoms with Gasteiger partial charge in [0.25, 0.3) is 5.56 Å². The van der Waals surface area contributed by atoms with Crippen molar-refractivity contribution >= 4 is 22.6 Å². The Labute approximate surface area is 144 Å². The van der Waals surface area contributed by atoms with Crippen molar-refractivity contribution in [3.05, 3.63) is 40.3 Å². The first-order valence-electron chi connectivity index (χ1n) is 8.35. The Bertz CT molecular complexity index is 890. The number of benzene rings is 1. The molecule has 2 aromatic rings. The van der Waals surface area contributed by atoms with E-state index >= 15 is 0 Å². The lowest BCUT2D eigenvalue weighted by atomic mass is 9.93. The fourth-order valence-electron chi connectivity index (χ4n) is 3.41. The quantitative estimate of drug-likeness (QED) is 0.904. The van der Waals surface area contributed by atoms with Crippen LogP contribution in [-0.2, 0) is 23.1 Å². The van der Waals surface area contributed by atoms with Crippen LogP contribution in [0.1, 0.15) is 25.5 Å². The van der Waals surface area contributed by atoms with Crippen molar-refractivity contribution in [2.24, 2.45) is 13.0 Å². The van der Waals surface area contributed by atoms with Crippen LogP contribution in [0.2, 0.25) is 0 Å². The van der Waals surface area contributed by atoms with Gasteiger partial charge in [-0.25, -0.2) is 4.68 Å². The Kier molecular flexibility index (Phi) is 4.57. The maximum absolute atomic E-state index is 12.8. The number of aromatic nitrogens is 2. The second-order valence-electron chi connectivity index (χ2n) is 6.61. The lowest BCUT2D eigenvalue weighted by Crippen LogP contribution is -2.48. The number of amides is 1. The monoisotopic (exact) mass is 343 g/mol. The zero-order valence-corrected chi connectivity index (χ0v) is 14.3. The third kappa shape index (κ3) is 3.26. The molecule has 0 aliphatic carbocycles.